The van der Waals surface area contributed by atoms with Gasteiger partial charge in [-0.15, -0.1) is 11.3 Å². The third kappa shape index (κ3) is 3.13. The number of anilines is 1. The molecule has 1 aromatic carbocycles. The van der Waals surface area contributed by atoms with E-state index in [-0.39, 0.29) is 18.1 Å². The zero-order valence-electron chi connectivity index (χ0n) is 15.1. The molecule has 1 saturated heterocycles. The van der Waals surface area contributed by atoms with Gasteiger partial charge in [-0.05, 0) is 24.5 Å². The van der Waals surface area contributed by atoms with Crippen LogP contribution in [0.4, 0.5) is 5.95 Å². The number of nitrogens with two attached hydrogens (primary N) is 1. The number of aromatic nitrogens is 2. The Bertz CT molecular complexity index is 1180. The molecule has 0 radical (unpaired) electrons. The molecule has 3 heterocycles. The Labute approximate surface area is 165 Å². The second kappa shape index (κ2) is 7.43. The summed E-state index contributed by atoms with van der Waals surface area (Å²) in [7, 11) is 0. The van der Waals surface area contributed by atoms with Crippen LogP contribution < -0.4 is 16.2 Å². The van der Waals surface area contributed by atoms with Crippen LogP contribution in [0.15, 0.2) is 34.4 Å². The van der Waals surface area contributed by atoms with Crippen molar-refractivity contribution in [1.82, 2.24) is 9.55 Å². The molecule has 0 aliphatic carbocycles. The van der Waals surface area contributed by atoms with Crippen LogP contribution >= 0.6 is 11.3 Å². The Morgan fingerprint density at radius 1 is 1.25 bits per heavy atom. The van der Waals surface area contributed by atoms with Gasteiger partial charge in [0.15, 0.2) is 0 Å². The van der Waals surface area contributed by atoms with E-state index in [0.717, 1.165) is 24.9 Å². The Morgan fingerprint density at radius 3 is 2.79 bits per heavy atom. The van der Waals surface area contributed by atoms with Gasteiger partial charge in [-0.25, -0.2) is 4.98 Å². The molecule has 4 rings (SSSR count). The molecule has 1 fully saturated rings. The molecule has 1 unspecified atom stereocenters. The van der Waals surface area contributed by atoms with Gasteiger partial charge < -0.3 is 10.6 Å². The zero-order chi connectivity index (χ0) is 19.7. The number of hydrogen-bond donors (Lipinski definition) is 1. The monoisotopic (exact) mass is 390 g/mol. The van der Waals surface area contributed by atoms with E-state index in [1.165, 1.54) is 11.3 Å². The average Bonchev–Trinajstić information content (AvgIpc) is 3.13. The van der Waals surface area contributed by atoms with Crippen molar-refractivity contribution in [2.45, 2.75) is 25.4 Å². The van der Waals surface area contributed by atoms with Gasteiger partial charge in [0.25, 0.3) is 5.56 Å². The molecular formula is C20H18N6OS. The predicted molar refractivity (Wildman–Crippen MR) is 108 cm³/mol. The van der Waals surface area contributed by atoms with Crippen LogP contribution in [0.1, 0.15) is 29.5 Å². The molecule has 1 atom stereocenters. The largest absolute Gasteiger partial charge is 0.341 e. The number of hydrogen-bond acceptors (Lipinski definition) is 7. The minimum Gasteiger partial charge on any atom is -0.341 e. The standard InChI is InChI=1S/C20H18N6OS/c21-8-13-4-1-2-5-14(13)10-26-19(27)18-17(15(9-22)12-28-18)24-20(26)25-7-3-6-16(23)11-25/h1-2,4-5,12,16H,3,6-7,10-11,23H2. The smallest absolute Gasteiger partial charge is 0.273 e. The third-order valence-electron chi connectivity index (χ3n) is 4.98. The summed E-state index contributed by atoms with van der Waals surface area (Å²) in [5, 5.41) is 20.4. The molecule has 28 heavy (non-hydrogen) atoms. The number of nitriles is 2. The van der Waals surface area contributed by atoms with Crippen molar-refractivity contribution < 1.29 is 0 Å². The Balaban J connectivity index is 1.91. The van der Waals surface area contributed by atoms with Gasteiger partial charge in [-0.2, -0.15) is 10.5 Å². The summed E-state index contributed by atoms with van der Waals surface area (Å²) in [5.41, 5.74) is 8.08. The lowest BCUT2D eigenvalue weighted by Crippen LogP contribution is -2.45. The van der Waals surface area contributed by atoms with Crippen molar-refractivity contribution >= 4 is 27.5 Å². The quantitative estimate of drug-likeness (QED) is 0.734. The van der Waals surface area contributed by atoms with Crippen LogP contribution in [0.5, 0.6) is 0 Å². The van der Waals surface area contributed by atoms with E-state index in [1.807, 2.05) is 17.0 Å². The highest BCUT2D eigenvalue weighted by Gasteiger charge is 2.24. The highest BCUT2D eigenvalue weighted by molar-refractivity contribution is 7.17. The Morgan fingerprint density at radius 2 is 2.04 bits per heavy atom. The number of thiophene rings is 1. The summed E-state index contributed by atoms with van der Waals surface area (Å²) < 4.78 is 2.06. The summed E-state index contributed by atoms with van der Waals surface area (Å²) in [6.45, 7) is 1.59. The second-order valence-corrected chi connectivity index (χ2v) is 7.74. The number of piperidine rings is 1. The van der Waals surface area contributed by atoms with Gasteiger partial charge in [-0.3, -0.25) is 9.36 Å². The molecule has 0 amide bonds. The fourth-order valence-corrected chi connectivity index (χ4v) is 4.46. The summed E-state index contributed by atoms with van der Waals surface area (Å²) in [6, 6.07) is 11.5. The van der Waals surface area contributed by atoms with Crippen molar-refractivity contribution in [2.75, 3.05) is 18.0 Å². The summed E-state index contributed by atoms with van der Waals surface area (Å²) in [4.78, 5) is 20.0. The Kier molecular flexibility index (Phi) is 4.82. The van der Waals surface area contributed by atoms with Crippen molar-refractivity contribution in [1.29, 1.82) is 10.5 Å². The van der Waals surface area contributed by atoms with Crippen LogP contribution in [0.2, 0.25) is 0 Å². The number of fused-ring (bicyclic) bond motifs is 1. The molecule has 0 bridgehead atoms. The fraction of sp³-hybridized carbons (Fsp3) is 0.300. The first kappa shape index (κ1) is 18.2. The molecule has 140 valence electrons. The Hall–Kier alpha value is -3.20. The molecule has 7 nitrogen and oxygen atoms in total. The van der Waals surface area contributed by atoms with Crippen LogP contribution in [-0.4, -0.2) is 28.7 Å². The second-order valence-electron chi connectivity index (χ2n) is 6.86. The minimum absolute atomic E-state index is 0.0131. The first-order valence-corrected chi connectivity index (χ1v) is 9.91. The van der Waals surface area contributed by atoms with Crippen LogP contribution in [0.3, 0.4) is 0 Å². The maximum atomic E-state index is 13.3. The van der Waals surface area contributed by atoms with Crippen LogP contribution in [0.25, 0.3) is 10.2 Å². The van der Waals surface area contributed by atoms with E-state index in [0.29, 0.717) is 33.8 Å². The maximum absolute atomic E-state index is 13.3. The lowest BCUT2D eigenvalue weighted by molar-refractivity contribution is 0.492. The maximum Gasteiger partial charge on any atom is 0.273 e. The summed E-state index contributed by atoms with van der Waals surface area (Å²) >= 11 is 1.23. The molecule has 1 aliphatic heterocycles. The molecule has 0 spiro atoms. The van der Waals surface area contributed by atoms with Crippen molar-refractivity contribution in [3.05, 3.63) is 56.7 Å². The van der Waals surface area contributed by atoms with E-state index < -0.39 is 0 Å². The minimum atomic E-state index is -0.196. The van der Waals surface area contributed by atoms with Gasteiger partial charge >= 0.3 is 0 Å². The van der Waals surface area contributed by atoms with E-state index >= 15 is 0 Å². The number of benzene rings is 1. The predicted octanol–water partition coefficient (Wildman–Crippen LogP) is 2.18. The van der Waals surface area contributed by atoms with Gasteiger partial charge in [0.2, 0.25) is 5.95 Å². The zero-order valence-corrected chi connectivity index (χ0v) is 15.9. The van der Waals surface area contributed by atoms with E-state index in [2.05, 4.69) is 12.1 Å². The number of rotatable bonds is 3. The summed E-state index contributed by atoms with van der Waals surface area (Å²) in [6.07, 6.45) is 1.85. The normalized spacial score (nSPS) is 16.7. The molecule has 2 aromatic heterocycles. The fourth-order valence-electron chi connectivity index (χ4n) is 3.58. The lowest BCUT2D eigenvalue weighted by atomic mass is 10.1. The van der Waals surface area contributed by atoms with Gasteiger partial charge in [0.1, 0.15) is 16.3 Å². The van der Waals surface area contributed by atoms with Crippen molar-refractivity contribution in [2.24, 2.45) is 5.73 Å². The van der Waals surface area contributed by atoms with Gasteiger partial charge in [0, 0.05) is 24.5 Å². The topological polar surface area (TPSA) is 112 Å². The van der Waals surface area contributed by atoms with Gasteiger partial charge in [-0.1, -0.05) is 18.2 Å². The highest BCUT2D eigenvalue weighted by Crippen LogP contribution is 2.26. The molecule has 8 heteroatoms. The average molecular weight is 390 g/mol. The molecular weight excluding hydrogens is 372 g/mol. The van der Waals surface area contributed by atoms with E-state index in [1.54, 1.807) is 22.1 Å². The SMILES string of the molecule is N#Cc1ccccc1Cn1c(N2CCCC(N)C2)nc2c(C#N)csc2c1=O. The molecule has 1 aliphatic rings. The molecule has 3 aromatic rings. The van der Waals surface area contributed by atoms with Crippen molar-refractivity contribution in [3.8, 4) is 12.1 Å². The summed E-state index contributed by atoms with van der Waals surface area (Å²) in [5.74, 6) is 0.510. The van der Waals surface area contributed by atoms with Crippen LogP contribution in [0, 0.1) is 22.7 Å². The highest BCUT2D eigenvalue weighted by atomic mass is 32.1. The van der Waals surface area contributed by atoms with Crippen molar-refractivity contribution in [3.63, 3.8) is 0 Å². The molecule has 2 N–H and O–H groups in total. The first-order valence-electron chi connectivity index (χ1n) is 9.03. The third-order valence-corrected chi connectivity index (χ3v) is 5.94. The first-order chi connectivity index (χ1) is 13.6. The van der Waals surface area contributed by atoms with E-state index in [4.69, 9.17) is 10.7 Å². The van der Waals surface area contributed by atoms with E-state index in [9.17, 15) is 15.3 Å². The van der Waals surface area contributed by atoms with Crippen LogP contribution in [-0.2, 0) is 6.54 Å². The molecule has 0 saturated carbocycles. The number of nitrogens with zero attached hydrogens (tertiary/aromatic N) is 5. The van der Waals surface area contributed by atoms with Gasteiger partial charge in [0.05, 0.1) is 23.7 Å². The lowest BCUT2D eigenvalue weighted by Gasteiger charge is -2.33.